The van der Waals surface area contributed by atoms with Gasteiger partial charge >= 0.3 is 0 Å². The molecule has 26 heavy (non-hydrogen) atoms. The second kappa shape index (κ2) is 8.01. The van der Waals surface area contributed by atoms with Gasteiger partial charge in [0.05, 0.1) is 5.56 Å². The van der Waals surface area contributed by atoms with Crippen molar-refractivity contribution in [3.05, 3.63) is 64.3 Å². The summed E-state index contributed by atoms with van der Waals surface area (Å²) >= 11 is 1.22. The van der Waals surface area contributed by atoms with Crippen LogP contribution >= 0.6 is 11.3 Å². The molecule has 6 nitrogen and oxygen atoms in total. The molecule has 0 radical (unpaired) electrons. The Hall–Kier alpha value is -2.87. The topological polar surface area (TPSA) is 79.0 Å². The molecule has 1 N–H and O–H groups in total. The van der Waals surface area contributed by atoms with Crippen LogP contribution < -0.4 is 10.5 Å². The summed E-state index contributed by atoms with van der Waals surface area (Å²) < 4.78 is 14.0. The summed E-state index contributed by atoms with van der Waals surface area (Å²) in [6.07, 6.45) is 3.18. The quantitative estimate of drug-likeness (QED) is 0.718. The van der Waals surface area contributed by atoms with Crippen molar-refractivity contribution in [1.82, 2.24) is 15.2 Å². The number of aromatic amines is 1. The first-order valence-electron chi connectivity index (χ1n) is 8.19. The number of unbranched alkanes of at least 4 members (excludes halogenated alkanes) is 1. The summed E-state index contributed by atoms with van der Waals surface area (Å²) in [6.45, 7) is 2.43. The summed E-state index contributed by atoms with van der Waals surface area (Å²) in [6, 6.07) is 8.92. The average Bonchev–Trinajstić information content (AvgIpc) is 3.12. The number of rotatable bonds is 6. The van der Waals surface area contributed by atoms with E-state index in [2.05, 4.69) is 15.2 Å². The highest BCUT2D eigenvalue weighted by Crippen LogP contribution is 2.29. The van der Waals surface area contributed by atoms with E-state index in [-0.39, 0.29) is 11.1 Å². The van der Waals surface area contributed by atoms with Gasteiger partial charge in [0, 0.05) is 24.4 Å². The minimum atomic E-state index is -0.565. The van der Waals surface area contributed by atoms with Crippen LogP contribution in [0.4, 0.5) is 9.52 Å². The van der Waals surface area contributed by atoms with Gasteiger partial charge in [-0.15, -0.1) is 10.2 Å². The molecular formula is C18H17FN4O2S. The number of H-pyrrole nitrogens is 1. The lowest BCUT2D eigenvalue weighted by molar-refractivity contribution is 0.0982. The van der Waals surface area contributed by atoms with Gasteiger partial charge in [-0.05, 0) is 24.6 Å². The number of carbonyl (C=O) groups excluding carboxylic acids is 1. The zero-order valence-electron chi connectivity index (χ0n) is 14.1. The first kappa shape index (κ1) is 17.9. The van der Waals surface area contributed by atoms with Crippen LogP contribution in [0.2, 0.25) is 0 Å². The maximum atomic E-state index is 14.0. The van der Waals surface area contributed by atoms with Gasteiger partial charge < -0.3 is 4.98 Å². The molecule has 0 fully saturated rings. The van der Waals surface area contributed by atoms with E-state index in [1.54, 1.807) is 24.4 Å². The number of hydrogen-bond donors (Lipinski definition) is 1. The number of amides is 1. The standard InChI is InChI=1S/C18H17FN4O2S/c1-2-3-10-23(17(25)13-6-4-5-7-14(13)19)18-22-21-16(26-18)12-8-9-15(24)20-11-12/h4-9,11H,2-3,10H2,1H3,(H,20,24). The van der Waals surface area contributed by atoms with Crippen LogP contribution in [-0.2, 0) is 0 Å². The molecule has 2 heterocycles. The third kappa shape index (κ3) is 3.85. The maximum absolute atomic E-state index is 14.0. The molecule has 0 unspecified atom stereocenters. The number of aromatic nitrogens is 3. The van der Waals surface area contributed by atoms with Crippen LogP contribution in [0.25, 0.3) is 10.6 Å². The lowest BCUT2D eigenvalue weighted by atomic mass is 10.2. The molecule has 0 aliphatic rings. The lowest BCUT2D eigenvalue weighted by Gasteiger charge is -2.19. The number of carbonyl (C=O) groups is 1. The van der Waals surface area contributed by atoms with Crippen LogP contribution in [0.1, 0.15) is 30.1 Å². The van der Waals surface area contributed by atoms with Crippen molar-refractivity contribution >= 4 is 22.4 Å². The first-order chi connectivity index (χ1) is 12.6. The summed E-state index contributed by atoms with van der Waals surface area (Å²) in [5.41, 5.74) is 0.490. The fourth-order valence-electron chi connectivity index (χ4n) is 2.37. The van der Waals surface area contributed by atoms with Crippen molar-refractivity contribution in [2.24, 2.45) is 0 Å². The minimum Gasteiger partial charge on any atom is -0.328 e. The van der Waals surface area contributed by atoms with Crippen molar-refractivity contribution in [3.8, 4) is 10.6 Å². The van der Waals surface area contributed by atoms with E-state index in [4.69, 9.17) is 0 Å². The first-order valence-corrected chi connectivity index (χ1v) is 9.01. The van der Waals surface area contributed by atoms with Crippen LogP contribution in [0.3, 0.4) is 0 Å². The molecule has 134 valence electrons. The van der Waals surface area contributed by atoms with Gasteiger partial charge in [-0.3, -0.25) is 14.5 Å². The van der Waals surface area contributed by atoms with E-state index in [0.29, 0.717) is 22.2 Å². The normalized spacial score (nSPS) is 10.7. The monoisotopic (exact) mass is 372 g/mol. The second-order valence-corrected chi connectivity index (χ2v) is 6.58. The number of nitrogens with one attached hydrogen (secondary N) is 1. The zero-order chi connectivity index (χ0) is 18.5. The highest BCUT2D eigenvalue weighted by Gasteiger charge is 2.23. The average molecular weight is 372 g/mol. The highest BCUT2D eigenvalue weighted by atomic mass is 32.1. The number of benzene rings is 1. The van der Waals surface area contributed by atoms with Crippen molar-refractivity contribution in [2.45, 2.75) is 19.8 Å². The minimum absolute atomic E-state index is 0.00407. The van der Waals surface area contributed by atoms with E-state index in [0.717, 1.165) is 12.8 Å². The smallest absolute Gasteiger partial charge is 0.263 e. The van der Waals surface area contributed by atoms with E-state index >= 15 is 0 Å². The molecule has 2 aromatic heterocycles. The summed E-state index contributed by atoms with van der Waals surface area (Å²) in [5.74, 6) is -1.01. The van der Waals surface area contributed by atoms with E-state index in [1.807, 2.05) is 6.92 Å². The Morgan fingerprint density at radius 2 is 2.04 bits per heavy atom. The predicted molar refractivity (Wildman–Crippen MR) is 99.0 cm³/mol. The van der Waals surface area contributed by atoms with Gasteiger partial charge in [-0.2, -0.15) is 0 Å². The number of nitrogens with zero attached hydrogens (tertiary/aromatic N) is 3. The molecule has 0 saturated carbocycles. The molecular weight excluding hydrogens is 355 g/mol. The third-order valence-corrected chi connectivity index (χ3v) is 4.76. The SMILES string of the molecule is CCCCN(C(=O)c1ccccc1F)c1nnc(-c2ccc(=O)[nH]c2)s1. The molecule has 3 aromatic rings. The van der Waals surface area contributed by atoms with Crippen LogP contribution in [-0.4, -0.2) is 27.6 Å². The number of halogens is 1. The Balaban J connectivity index is 1.93. The zero-order valence-corrected chi connectivity index (χ0v) is 14.9. The Bertz CT molecular complexity index is 949. The van der Waals surface area contributed by atoms with Gasteiger partial charge in [0.15, 0.2) is 5.01 Å². The Morgan fingerprint density at radius 1 is 1.23 bits per heavy atom. The largest absolute Gasteiger partial charge is 0.328 e. The number of anilines is 1. The van der Waals surface area contributed by atoms with Crippen molar-refractivity contribution in [1.29, 1.82) is 0 Å². The van der Waals surface area contributed by atoms with Gasteiger partial charge in [-0.1, -0.05) is 36.8 Å². The van der Waals surface area contributed by atoms with Crippen LogP contribution in [0.15, 0.2) is 47.4 Å². The molecule has 1 aromatic carbocycles. The molecule has 0 bridgehead atoms. The van der Waals surface area contributed by atoms with Gasteiger partial charge in [0.1, 0.15) is 5.82 Å². The van der Waals surface area contributed by atoms with E-state index in [1.165, 1.54) is 34.4 Å². The van der Waals surface area contributed by atoms with Crippen LogP contribution in [0.5, 0.6) is 0 Å². The van der Waals surface area contributed by atoms with Crippen molar-refractivity contribution in [2.75, 3.05) is 11.4 Å². The van der Waals surface area contributed by atoms with Gasteiger partial charge in [-0.25, -0.2) is 4.39 Å². The predicted octanol–water partition coefficient (Wildman–Crippen LogP) is 3.48. The third-order valence-electron chi connectivity index (χ3n) is 3.76. The van der Waals surface area contributed by atoms with E-state index in [9.17, 15) is 14.0 Å². The lowest BCUT2D eigenvalue weighted by Crippen LogP contribution is -2.32. The molecule has 1 amide bonds. The molecule has 0 spiro atoms. The van der Waals surface area contributed by atoms with Crippen molar-refractivity contribution in [3.63, 3.8) is 0 Å². The Morgan fingerprint density at radius 3 is 2.73 bits per heavy atom. The number of pyridine rings is 1. The molecule has 3 rings (SSSR count). The molecule has 0 saturated heterocycles. The molecule has 0 atom stereocenters. The second-order valence-electron chi connectivity index (χ2n) is 5.62. The summed E-state index contributed by atoms with van der Waals surface area (Å²) in [4.78, 5) is 28.1. The molecule has 0 aliphatic carbocycles. The van der Waals surface area contributed by atoms with Crippen molar-refractivity contribution < 1.29 is 9.18 Å². The maximum Gasteiger partial charge on any atom is 0.263 e. The van der Waals surface area contributed by atoms with Gasteiger partial charge in [0.2, 0.25) is 10.7 Å². The summed E-state index contributed by atoms with van der Waals surface area (Å²) in [7, 11) is 0. The highest BCUT2D eigenvalue weighted by molar-refractivity contribution is 7.18. The Labute approximate surface area is 153 Å². The molecule has 8 heteroatoms. The fraction of sp³-hybridized carbons (Fsp3) is 0.222. The van der Waals surface area contributed by atoms with Crippen LogP contribution in [0, 0.1) is 5.82 Å². The molecule has 0 aliphatic heterocycles. The number of hydrogen-bond acceptors (Lipinski definition) is 5. The van der Waals surface area contributed by atoms with Gasteiger partial charge in [0.25, 0.3) is 5.91 Å². The fourth-order valence-corrected chi connectivity index (χ4v) is 3.23. The van der Waals surface area contributed by atoms with E-state index < -0.39 is 11.7 Å². The Kier molecular flexibility index (Phi) is 5.52. The summed E-state index contributed by atoms with van der Waals surface area (Å²) in [5, 5.41) is 9.17.